The molecule has 11 aromatic rings. The highest BCUT2D eigenvalue weighted by atomic mass is 32.1. The smallest absolute Gasteiger partial charge is 0.164 e. The number of thiophene rings is 1. The molecular weight excluding hydrogens is 645 g/mol. The molecule has 4 aromatic heterocycles. The Bertz CT molecular complexity index is 3030. The molecular formula is C45H26N4OS. The molecule has 238 valence electrons. The second-order valence-corrected chi connectivity index (χ2v) is 13.9. The van der Waals surface area contributed by atoms with Crippen molar-refractivity contribution in [3.63, 3.8) is 0 Å². The molecule has 11 rings (SSSR count). The van der Waals surface area contributed by atoms with E-state index in [1.807, 2.05) is 72.0 Å². The number of aromatic nitrogens is 4. The predicted molar refractivity (Wildman–Crippen MR) is 211 cm³/mol. The van der Waals surface area contributed by atoms with Crippen LogP contribution >= 0.6 is 11.3 Å². The molecule has 0 saturated heterocycles. The third-order valence-corrected chi connectivity index (χ3v) is 11.0. The van der Waals surface area contributed by atoms with Crippen LogP contribution in [0.15, 0.2) is 162 Å². The zero-order valence-electron chi connectivity index (χ0n) is 27.1. The van der Waals surface area contributed by atoms with Crippen LogP contribution in [0, 0.1) is 0 Å². The van der Waals surface area contributed by atoms with Crippen LogP contribution < -0.4 is 0 Å². The summed E-state index contributed by atoms with van der Waals surface area (Å²) in [4.78, 5) is 14.7. The lowest BCUT2D eigenvalue weighted by Crippen LogP contribution is -2.00. The molecule has 5 nitrogen and oxygen atoms in total. The van der Waals surface area contributed by atoms with E-state index in [1.165, 1.54) is 47.7 Å². The Morgan fingerprint density at radius 2 is 0.980 bits per heavy atom. The van der Waals surface area contributed by atoms with E-state index >= 15 is 0 Å². The highest BCUT2D eigenvalue weighted by molar-refractivity contribution is 7.26. The number of fused-ring (bicyclic) bond motifs is 9. The van der Waals surface area contributed by atoms with Gasteiger partial charge in [0.1, 0.15) is 11.2 Å². The highest BCUT2D eigenvalue weighted by Gasteiger charge is 2.19. The van der Waals surface area contributed by atoms with Gasteiger partial charge in [-0.1, -0.05) is 115 Å². The molecule has 0 saturated carbocycles. The second-order valence-electron chi connectivity index (χ2n) is 12.8. The molecule has 6 heteroatoms. The van der Waals surface area contributed by atoms with Gasteiger partial charge in [-0.3, -0.25) is 0 Å². The van der Waals surface area contributed by atoms with Crippen LogP contribution in [0.3, 0.4) is 0 Å². The number of furan rings is 1. The standard InChI is InChI=1S/C45H26N4OS/c1-3-12-27(13-4-1)43-46-44(28-14-5-2-6-15-28)48-45(47-43)29-22-23-32-34-26-41-35(25-40(34)50-39(32)24-29)33-18-11-21-38(42(33)51-41)49-36-19-9-7-16-30(36)31-17-8-10-20-37(31)49/h1-26H. The van der Waals surface area contributed by atoms with Gasteiger partial charge < -0.3 is 8.98 Å². The predicted octanol–water partition coefficient (Wildman–Crippen LogP) is 12.2. The third-order valence-electron chi connectivity index (χ3n) is 9.85. The fraction of sp³-hybridized carbons (Fsp3) is 0. The van der Waals surface area contributed by atoms with E-state index in [2.05, 4.69) is 102 Å². The first-order valence-electron chi connectivity index (χ1n) is 16.9. The summed E-state index contributed by atoms with van der Waals surface area (Å²) >= 11 is 1.84. The molecule has 0 aliphatic rings. The molecule has 0 unspecified atom stereocenters. The van der Waals surface area contributed by atoms with Crippen molar-refractivity contribution in [1.82, 2.24) is 19.5 Å². The number of hydrogen-bond acceptors (Lipinski definition) is 5. The first-order chi connectivity index (χ1) is 25.3. The van der Waals surface area contributed by atoms with Crippen molar-refractivity contribution in [3.05, 3.63) is 158 Å². The van der Waals surface area contributed by atoms with Crippen LogP contribution in [0.4, 0.5) is 0 Å². The number of nitrogens with zero attached hydrogens (tertiary/aromatic N) is 4. The maximum atomic E-state index is 6.62. The molecule has 0 bridgehead atoms. The third kappa shape index (κ3) is 4.37. The Morgan fingerprint density at radius 3 is 1.65 bits per heavy atom. The first-order valence-corrected chi connectivity index (χ1v) is 17.8. The lowest BCUT2D eigenvalue weighted by molar-refractivity contribution is 0.669. The van der Waals surface area contributed by atoms with Gasteiger partial charge in [0, 0.05) is 53.7 Å². The minimum atomic E-state index is 0.606. The van der Waals surface area contributed by atoms with E-state index in [9.17, 15) is 0 Å². The Morgan fingerprint density at radius 1 is 0.412 bits per heavy atom. The van der Waals surface area contributed by atoms with Crippen molar-refractivity contribution in [2.75, 3.05) is 0 Å². The van der Waals surface area contributed by atoms with Crippen LogP contribution in [-0.4, -0.2) is 19.5 Å². The van der Waals surface area contributed by atoms with E-state index in [1.54, 1.807) is 0 Å². The quantitative estimate of drug-likeness (QED) is 0.187. The molecule has 0 radical (unpaired) electrons. The summed E-state index contributed by atoms with van der Waals surface area (Å²) in [5.41, 5.74) is 8.04. The number of benzene rings is 7. The molecule has 0 spiro atoms. The molecule has 7 aromatic carbocycles. The molecule has 0 N–H and O–H groups in total. The second kappa shape index (κ2) is 10.9. The minimum absolute atomic E-state index is 0.606. The minimum Gasteiger partial charge on any atom is -0.456 e. The van der Waals surface area contributed by atoms with E-state index in [-0.39, 0.29) is 0 Å². The van der Waals surface area contributed by atoms with Crippen LogP contribution in [0.5, 0.6) is 0 Å². The fourth-order valence-corrected chi connectivity index (χ4v) is 8.71. The van der Waals surface area contributed by atoms with Crippen molar-refractivity contribution in [2.45, 2.75) is 0 Å². The Balaban J connectivity index is 1.07. The molecule has 0 atom stereocenters. The van der Waals surface area contributed by atoms with Gasteiger partial charge in [0.15, 0.2) is 17.5 Å². The SMILES string of the molecule is c1ccc(-c2nc(-c3ccccc3)nc(-c3ccc4c(c3)oc3cc5c(cc34)sc3c(-n4c6ccccc6c6ccccc64)cccc35)n2)cc1. The van der Waals surface area contributed by atoms with Crippen molar-refractivity contribution < 1.29 is 4.42 Å². The van der Waals surface area contributed by atoms with Gasteiger partial charge in [-0.15, -0.1) is 11.3 Å². The van der Waals surface area contributed by atoms with Crippen molar-refractivity contribution in [3.8, 4) is 39.9 Å². The Kier molecular flexibility index (Phi) is 6.05. The van der Waals surface area contributed by atoms with E-state index in [0.717, 1.165) is 38.6 Å². The Hall–Kier alpha value is -6.63. The summed E-state index contributed by atoms with van der Waals surface area (Å²) < 4.78 is 11.5. The lowest BCUT2D eigenvalue weighted by atomic mass is 10.1. The summed E-state index contributed by atoms with van der Waals surface area (Å²) in [5, 5.41) is 7.11. The molecule has 4 heterocycles. The van der Waals surface area contributed by atoms with E-state index in [4.69, 9.17) is 19.4 Å². The zero-order chi connectivity index (χ0) is 33.5. The molecule has 51 heavy (non-hydrogen) atoms. The van der Waals surface area contributed by atoms with Gasteiger partial charge in [0.05, 0.1) is 21.4 Å². The summed E-state index contributed by atoms with van der Waals surface area (Å²) in [6.45, 7) is 0. The maximum Gasteiger partial charge on any atom is 0.164 e. The Labute approximate surface area is 295 Å². The van der Waals surface area contributed by atoms with Crippen molar-refractivity contribution in [1.29, 1.82) is 0 Å². The summed E-state index contributed by atoms with van der Waals surface area (Å²) in [5.74, 6) is 1.88. The summed E-state index contributed by atoms with van der Waals surface area (Å²) in [7, 11) is 0. The van der Waals surface area contributed by atoms with Gasteiger partial charge in [-0.05, 0) is 42.5 Å². The highest BCUT2D eigenvalue weighted by Crippen LogP contribution is 2.44. The fourth-order valence-electron chi connectivity index (χ4n) is 7.49. The lowest BCUT2D eigenvalue weighted by Gasteiger charge is -2.09. The van der Waals surface area contributed by atoms with Crippen LogP contribution in [0.2, 0.25) is 0 Å². The normalized spacial score (nSPS) is 11.9. The number of rotatable bonds is 4. The van der Waals surface area contributed by atoms with Crippen LogP contribution in [-0.2, 0) is 0 Å². The number of para-hydroxylation sites is 2. The molecule has 0 amide bonds. The maximum absolute atomic E-state index is 6.62. The largest absolute Gasteiger partial charge is 0.456 e. The van der Waals surface area contributed by atoms with Crippen molar-refractivity contribution in [2.24, 2.45) is 0 Å². The summed E-state index contributed by atoms with van der Waals surface area (Å²) in [6, 6.07) is 54.9. The average molecular weight is 671 g/mol. The molecule has 0 aliphatic heterocycles. The van der Waals surface area contributed by atoms with E-state index in [0.29, 0.717) is 17.5 Å². The van der Waals surface area contributed by atoms with Gasteiger partial charge >= 0.3 is 0 Å². The molecule has 0 fully saturated rings. The average Bonchev–Trinajstić information content (AvgIpc) is 3.86. The molecule has 0 aliphatic carbocycles. The van der Waals surface area contributed by atoms with Gasteiger partial charge in [-0.25, -0.2) is 15.0 Å². The van der Waals surface area contributed by atoms with Crippen molar-refractivity contribution >= 4 is 75.3 Å². The summed E-state index contributed by atoms with van der Waals surface area (Å²) in [6.07, 6.45) is 0. The van der Waals surface area contributed by atoms with Crippen LogP contribution in [0.1, 0.15) is 0 Å². The van der Waals surface area contributed by atoms with Gasteiger partial charge in [-0.2, -0.15) is 0 Å². The van der Waals surface area contributed by atoms with E-state index < -0.39 is 0 Å². The zero-order valence-corrected chi connectivity index (χ0v) is 27.9. The topological polar surface area (TPSA) is 56.7 Å². The first kappa shape index (κ1) is 28.2. The van der Waals surface area contributed by atoms with Gasteiger partial charge in [0.2, 0.25) is 0 Å². The van der Waals surface area contributed by atoms with Gasteiger partial charge in [0.25, 0.3) is 0 Å². The monoisotopic (exact) mass is 670 g/mol. The number of hydrogen-bond donors (Lipinski definition) is 0. The van der Waals surface area contributed by atoms with Crippen LogP contribution in [0.25, 0.3) is 104 Å².